The molecule has 3 aromatic heterocycles. The second kappa shape index (κ2) is 6.85. The molecule has 1 aromatic carbocycles. The number of hydrogen-bond donors (Lipinski definition) is 2. The van der Waals surface area contributed by atoms with E-state index in [0.29, 0.717) is 21.6 Å². The number of nitrogens with zero attached hydrogens (tertiary/aromatic N) is 3. The quantitative estimate of drug-likeness (QED) is 0.580. The molecule has 0 bridgehead atoms. The molecule has 4 aromatic rings. The minimum absolute atomic E-state index is 0.0431. The van der Waals surface area contributed by atoms with E-state index in [-0.39, 0.29) is 17.9 Å². The molecule has 1 amide bonds. The van der Waals surface area contributed by atoms with Crippen molar-refractivity contribution in [3.05, 3.63) is 70.2 Å². The maximum absolute atomic E-state index is 12.4. The number of aromatic nitrogens is 4. The summed E-state index contributed by atoms with van der Waals surface area (Å²) < 4.78 is 0. The first kappa shape index (κ1) is 16.1. The molecule has 0 unspecified atom stereocenters. The molecule has 128 valence electrons. The first-order valence-corrected chi connectivity index (χ1v) is 8.71. The zero-order chi connectivity index (χ0) is 17.9. The first-order valence-electron chi connectivity index (χ1n) is 7.83. The summed E-state index contributed by atoms with van der Waals surface area (Å²) in [7, 11) is 0. The maximum Gasteiger partial charge on any atom is 0.272 e. The van der Waals surface area contributed by atoms with Gasteiger partial charge in [0.25, 0.3) is 5.56 Å². The van der Waals surface area contributed by atoms with E-state index in [1.165, 1.54) is 11.3 Å². The highest BCUT2D eigenvalue weighted by atomic mass is 32.1. The highest BCUT2D eigenvalue weighted by Gasteiger charge is 2.13. The van der Waals surface area contributed by atoms with Crippen molar-refractivity contribution >= 4 is 33.1 Å². The number of fused-ring (bicyclic) bond motifs is 1. The Kier molecular flexibility index (Phi) is 4.24. The third kappa shape index (κ3) is 3.22. The van der Waals surface area contributed by atoms with Crippen molar-refractivity contribution in [1.82, 2.24) is 20.2 Å². The van der Waals surface area contributed by atoms with Crippen LogP contribution >= 0.6 is 11.3 Å². The van der Waals surface area contributed by atoms with Gasteiger partial charge in [0.2, 0.25) is 5.91 Å². The summed E-state index contributed by atoms with van der Waals surface area (Å²) in [5, 5.41) is 12.8. The van der Waals surface area contributed by atoms with Crippen molar-refractivity contribution in [2.75, 3.05) is 5.32 Å². The van der Waals surface area contributed by atoms with Crippen molar-refractivity contribution in [1.29, 1.82) is 0 Å². The van der Waals surface area contributed by atoms with E-state index in [4.69, 9.17) is 0 Å². The lowest BCUT2D eigenvalue weighted by atomic mass is 10.1. The second-order valence-electron chi connectivity index (χ2n) is 5.54. The summed E-state index contributed by atoms with van der Waals surface area (Å²) in [4.78, 5) is 32.6. The van der Waals surface area contributed by atoms with Gasteiger partial charge in [-0.05, 0) is 18.2 Å². The number of H-pyrrole nitrogens is 1. The largest absolute Gasteiger partial charge is 0.302 e. The number of amides is 1. The number of nitrogens with one attached hydrogen (secondary N) is 2. The van der Waals surface area contributed by atoms with Gasteiger partial charge in [-0.25, -0.2) is 10.1 Å². The Hall–Kier alpha value is -3.39. The molecule has 0 aliphatic heterocycles. The lowest BCUT2D eigenvalue weighted by Crippen LogP contribution is -2.18. The summed E-state index contributed by atoms with van der Waals surface area (Å²) >= 11 is 1.35. The maximum atomic E-state index is 12.4. The van der Waals surface area contributed by atoms with Crippen LogP contribution in [0.15, 0.2) is 59.0 Å². The number of anilines is 1. The van der Waals surface area contributed by atoms with Gasteiger partial charge in [0, 0.05) is 28.7 Å². The molecule has 0 radical (unpaired) electrons. The number of hydrogen-bond acceptors (Lipinski definition) is 6. The topological polar surface area (TPSA) is 101 Å². The molecule has 0 atom stereocenters. The van der Waals surface area contributed by atoms with Crippen LogP contribution in [0.1, 0.15) is 5.69 Å². The van der Waals surface area contributed by atoms with Gasteiger partial charge < -0.3 is 5.32 Å². The fourth-order valence-electron chi connectivity index (χ4n) is 2.61. The molecule has 8 heteroatoms. The van der Waals surface area contributed by atoms with Crippen LogP contribution in [0.25, 0.3) is 22.0 Å². The zero-order valence-corrected chi connectivity index (χ0v) is 14.3. The molecule has 7 nitrogen and oxygen atoms in total. The fraction of sp³-hybridized carbons (Fsp3) is 0.0556. The Morgan fingerprint density at radius 3 is 2.69 bits per heavy atom. The van der Waals surface area contributed by atoms with Gasteiger partial charge in [0.15, 0.2) is 5.13 Å². The molecular weight excluding hydrogens is 350 g/mol. The molecular formula is C18H13N5O2S. The number of aromatic amines is 1. The van der Waals surface area contributed by atoms with E-state index in [0.717, 1.165) is 11.3 Å². The predicted octanol–water partition coefficient (Wildman–Crippen LogP) is 2.62. The van der Waals surface area contributed by atoms with Crippen LogP contribution in [0.2, 0.25) is 0 Å². The van der Waals surface area contributed by atoms with Gasteiger partial charge in [-0.1, -0.05) is 18.2 Å². The van der Waals surface area contributed by atoms with Crippen LogP contribution in [-0.4, -0.2) is 26.1 Å². The number of rotatable bonds is 4. The van der Waals surface area contributed by atoms with Gasteiger partial charge in [0.05, 0.1) is 23.2 Å². The third-order valence-corrected chi connectivity index (χ3v) is 4.59. The van der Waals surface area contributed by atoms with Crippen LogP contribution in [0.5, 0.6) is 0 Å². The van der Waals surface area contributed by atoms with Gasteiger partial charge in [-0.15, -0.1) is 11.3 Å². The molecule has 2 N–H and O–H groups in total. The molecule has 0 aliphatic carbocycles. The average molecular weight is 363 g/mol. The lowest BCUT2D eigenvalue weighted by molar-refractivity contribution is -0.115. The Bertz CT molecular complexity index is 1140. The highest BCUT2D eigenvalue weighted by Crippen LogP contribution is 2.24. The molecule has 0 saturated heterocycles. The van der Waals surface area contributed by atoms with Crippen molar-refractivity contribution < 1.29 is 4.79 Å². The number of carbonyl (C=O) groups excluding carboxylic acids is 1. The number of pyridine rings is 1. The zero-order valence-electron chi connectivity index (χ0n) is 13.5. The van der Waals surface area contributed by atoms with E-state index in [9.17, 15) is 9.59 Å². The molecule has 0 fully saturated rings. The third-order valence-electron chi connectivity index (χ3n) is 3.83. The van der Waals surface area contributed by atoms with Crippen LogP contribution in [-0.2, 0) is 11.2 Å². The normalized spacial score (nSPS) is 10.8. The monoisotopic (exact) mass is 363 g/mol. The fourth-order valence-corrected chi connectivity index (χ4v) is 3.34. The second-order valence-corrected chi connectivity index (χ2v) is 6.40. The SMILES string of the molecule is O=C(Cc1n[nH]c(=O)c2ccccc12)Nc1nc(-c2ccncc2)cs1. The average Bonchev–Trinajstić information content (AvgIpc) is 3.13. The lowest BCUT2D eigenvalue weighted by Gasteiger charge is -2.04. The Labute approximate surface area is 151 Å². The van der Waals surface area contributed by atoms with Gasteiger partial charge in [0.1, 0.15) is 0 Å². The standard InChI is InChI=1S/C18H13N5O2S/c24-16(9-14-12-3-1-2-4-13(12)17(25)23-22-14)21-18-20-15(10-26-18)11-5-7-19-8-6-11/h1-8,10H,9H2,(H,23,25)(H,20,21,24). The van der Waals surface area contributed by atoms with Crippen LogP contribution in [0.4, 0.5) is 5.13 Å². The van der Waals surface area contributed by atoms with Gasteiger partial charge >= 0.3 is 0 Å². The van der Waals surface area contributed by atoms with Crippen LogP contribution in [0.3, 0.4) is 0 Å². The summed E-state index contributed by atoms with van der Waals surface area (Å²) in [6.45, 7) is 0. The van der Waals surface area contributed by atoms with E-state index in [1.807, 2.05) is 23.6 Å². The van der Waals surface area contributed by atoms with Crippen molar-refractivity contribution in [3.8, 4) is 11.3 Å². The van der Waals surface area contributed by atoms with Crippen molar-refractivity contribution in [3.63, 3.8) is 0 Å². The Balaban J connectivity index is 1.53. The minimum atomic E-state index is -0.272. The number of thiazole rings is 1. The summed E-state index contributed by atoms with van der Waals surface area (Å²) in [5.41, 5.74) is 1.96. The Morgan fingerprint density at radius 1 is 1.12 bits per heavy atom. The summed E-state index contributed by atoms with van der Waals surface area (Å²) in [6.07, 6.45) is 3.43. The van der Waals surface area contributed by atoms with Gasteiger partial charge in [-0.3, -0.25) is 14.6 Å². The number of carbonyl (C=O) groups is 1. The van der Waals surface area contributed by atoms with Crippen molar-refractivity contribution in [2.24, 2.45) is 0 Å². The smallest absolute Gasteiger partial charge is 0.272 e. The van der Waals surface area contributed by atoms with E-state index in [2.05, 4.69) is 25.5 Å². The van der Waals surface area contributed by atoms with E-state index in [1.54, 1.807) is 30.6 Å². The molecule has 0 spiro atoms. The van der Waals surface area contributed by atoms with Crippen molar-refractivity contribution in [2.45, 2.75) is 6.42 Å². The van der Waals surface area contributed by atoms with E-state index < -0.39 is 0 Å². The minimum Gasteiger partial charge on any atom is -0.302 e. The Morgan fingerprint density at radius 2 is 1.88 bits per heavy atom. The molecule has 26 heavy (non-hydrogen) atoms. The summed E-state index contributed by atoms with van der Waals surface area (Å²) in [5.74, 6) is -0.245. The summed E-state index contributed by atoms with van der Waals surface area (Å²) in [6, 6.07) is 10.8. The predicted molar refractivity (Wildman–Crippen MR) is 100 cm³/mol. The number of benzene rings is 1. The van der Waals surface area contributed by atoms with Crippen LogP contribution in [0, 0.1) is 0 Å². The first-order chi connectivity index (χ1) is 12.7. The van der Waals surface area contributed by atoms with Crippen LogP contribution < -0.4 is 10.9 Å². The molecule has 0 aliphatic rings. The molecule has 3 heterocycles. The molecule has 4 rings (SSSR count). The highest BCUT2D eigenvalue weighted by molar-refractivity contribution is 7.14. The molecule has 0 saturated carbocycles. The van der Waals surface area contributed by atoms with Gasteiger partial charge in [-0.2, -0.15) is 5.10 Å². The van der Waals surface area contributed by atoms with E-state index >= 15 is 0 Å².